The number of methoxy groups -OCH3 is 1. The van der Waals surface area contributed by atoms with Gasteiger partial charge in [-0.05, 0) is 61.9 Å². The van der Waals surface area contributed by atoms with Crippen molar-refractivity contribution in [3.05, 3.63) is 66.2 Å². The van der Waals surface area contributed by atoms with E-state index in [0.29, 0.717) is 36.8 Å². The highest BCUT2D eigenvalue weighted by molar-refractivity contribution is 5.84. The summed E-state index contributed by atoms with van der Waals surface area (Å²) >= 11 is 0. The van der Waals surface area contributed by atoms with Crippen molar-refractivity contribution in [2.24, 2.45) is 0 Å². The number of H-pyrrole nitrogens is 1. The van der Waals surface area contributed by atoms with Crippen molar-refractivity contribution in [1.82, 2.24) is 15.0 Å². The van der Waals surface area contributed by atoms with Gasteiger partial charge < -0.3 is 24.5 Å². The quantitative estimate of drug-likeness (QED) is 0.314. The van der Waals surface area contributed by atoms with Crippen LogP contribution < -0.4 is 14.4 Å². The van der Waals surface area contributed by atoms with E-state index in [9.17, 15) is 14.3 Å². The number of aromatic nitrogens is 3. The van der Waals surface area contributed by atoms with Crippen LogP contribution in [0.5, 0.6) is 11.5 Å². The Kier molecular flexibility index (Phi) is 7.14. The standard InChI is InChI=1S/C26H27FN4O4/c1-16(26(32)33)23-14-18-13-20(9-10-22(18)29-23)35-12-4-11-31(2)25-21(27)15-28-24(30-25)17-5-7-19(34-3)8-6-17/h5-10,13-16,29H,4,11-12H2,1-3H3,(H,32,33). The number of anilines is 1. The van der Waals surface area contributed by atoms with E-state index in [1.165, 1.54) is 6.20 Å². The number of fused-ring (bicyclic) bond motifs is 1. The molecule has 1 atom stereocenters. The summed E-state index contributed by atoms with van der Waals surface area (Å²) in [6.07, 6.45) is 1.82. The minimum absolute atomic E-state index is 0.222. The third-order valence-electron chi connectivity index (χ3n) is 5.79. The first-order valence-corrected chi connectivity index (χ1v) is 11.2. The van der Waals surface area contributed by atoms with Crippen molar-refractivity contribution in [3.8, 4) is 22.9 Å². The lowest BCUT2D eigenvalue weighted by Gasteiger charge is -2.19. The number of benzene rings is 2. The molecule has 0 aliphatic heterocycles. The van der Waals surface area contributed by atoms with Gasteiger partial charge in [0.2, 0.25) is 0 Å². The Labute approximate surface area is 202 Å². The zero-order valence-corrected chi connectivity index (χ0v) is 19.8. The number of aromatic amines is 1. The molecule has 0 radical (unpaired) electrons. The molecule has 0 amide bonds. The Morgan fingerprint density at radius 2 is 1.91 bits per heavy atom. The van der Waals surface area contributed by atoms with E-state index >= 15 is 0 Å². The van der Waals surface area contributed by atoms with Crippen LogP contribution in [-0.2, 0) is 4.79 Å². The topological polar surface area (TPSA) is 101 Å². The van der Waals surface area contributed by atoms with Gasteiger partial charge in [-0.25, -0.2) is 14.4 Å². The van der Waals surface area contributed by atoms with Gasteiger partial charge in [-0.2, -0.15) is 0 Å². The number of hydrogen-bond donors (Lipinski definition) is 2. The molecule has 1 unspecified atom stereocenters. The molecule has 0 fully saturated rings. The van der Waals surface area contributed by atoms with Gasteiger partial charge in [0.15, 0.2) is 17.5 Å². The predicted octanol–water partition coefficient (Wildman–Crippen LogP) is 4.87. The number of halogens is 1. The highest BCUT2D eigenvalue weighted by atomic mass is 19.1. The molecule has 0 spiro atoms. The summed E-state index contributed by atoms with van der Waals surface area (Å²) in [5.74, 6) is 0.0732. The van der Waals surface area contributed by atoms with Gasteiger partial charge in [-0.15, -0.1) is 0 Å². The molecule has 35 heavy (non-hydrogen) atoms. The lowest BCUT2D eigenvalue weighted by atomic mass is 10.1. The fraction of sp³-hybridized carbons (Fsp3) is 0.269. The molecule has 2 N–H and O–H groups in total. The second-order valence-corrected chi connectivity index (χ2v) is 8.25. The van der Waals surface area contributed by atoms with Crippen LogP contribution in [0.2, 0.25) is 0 Å². The van der Waals surface area contributed by atoms with Gasteiger partial charge >= 0.3 is 5.97 Å². The molecule has 0 saturated heterocycles. The second kappa shape index (κ2) is 10.4. The number of ether oxygens (including phenoxy) is 2. The number of nitrogens with zero attached hydrogens (tertiary/aromatic N) is 3. The van der Waals surface area contributed by atoms with Gasteiger partial charge in [-0.3, -0.25) is 4.79 Å². The Balaban J connectivity index is 1.35. The summed E-state index contributed by atoms with van der Waals surface area (Å²) < 4.78 is 25.5. The van der Waals surface area contributed by atoms with E-state index in [1.54, 1.807) is 38.1 Å². The SMILES string of the molecule is COc1ccc(-c2ncc(F)c(N(C)CCCOc3ccc4[nH]c(C(C)C(=O)O)cc4c3)n2)cc1. The molecule has 8 nitrogen and oxygen atoms in total. The van der Waals surface area contributed by atoms with Crippen LogP contribution in [-0.4, -0.2) is 53.3 Å². The predicted molar refractivity (Wildman–Crippen MR) is 132 cm³/mol. The molecule has 4 aromatic rings. The summed E-state index contributed by atoms with van der Waals surface area (Å²) in [6.45, 7) is 2.60. The van der Waals surface area contributed by atoms with Crippen molar-refractivity contribution in [2.45, 2.75) is 19.3 Å². The fourth-order valence-corrected chi connectivity index (χ4v) is 3.69. The van der Waals surface area contributed by atoms with Crippen molar-refractivity contribution in [3.63, 3.8) is 0 Å². The van der Waals surface area contributed by atoms with Crippen LogP contribution in [0.15, 0.2) is 54.7 Å². The number of carboxylic acids is 1. The zero-order chi connectivity index (χ0) is 24.9. The molecule has 0 aliphatic carbocycles. The number of rotatable bonds is 10. The van der Waals surface area contributed by atoms with Crippen molar-refractivity contribution < 1.29 is 23.8 Å². The molecule has 0 aliphatic rings. The highest BCUT2D eigenvalue weighted by Crippen LogP contribution is 2.26. The van der Waals surface area contributed by atoms with Crippen LogP contribution in [0, 0.1) is 5.82 Å². The summed E-state index contributed by atoms with van der Waals surface area (Å²) in [4.78, 5) is 24.6. The third kappa shape index (κ3) is 5.51. The Morgan fingerprint density at radius 1 is 1.17 bits per heavy atom. The smallest absolute Gasteiger partial charge is 0.312 e. The molecule has 2 heterocycles. The lowest BCUT2D eigenvalue weighted by Crippen LogP contribution is -2.23. The van der Waals surface area contributed by atoms with E-state index in [4.69, 9.17) is 9.47 Å². The first-order chi connectivity index (χ1) is 16.9. The third-order valence-corrected chi connectivity index (χ3v) is 5.79. The molecular weight excluding hydrogens is 451 g/mol. The Morgan fingerprint density at radius 3 is 2.63 bits per heavy atom. The number of nitrogens with one attached hydrogen (secondary N) is 1. The van der Waals surface area contributed by atoms with Crippen LogP contribution in [0.3, 0.4) is 0 Å². The first-order valence-electron chi connectivity index (χ1n) is 11.2. The van der Waals surface area contributed by atoms with Crippen LogP contribution in [0.4, 0.5) is 10.2 Å². The van der Waals surface area contributed by atoms with Crippen molar-refractivity contribution >= 4 is 22.7 Å². The molecule has 9 heteroatoms. The molecule has 0 bridgehead atoms. The van der Waals surface area contributed by atoms with E-state index < -0.39 is 17.7 Å². The maximum atomic E-state index is 14.4. The van der Waals surface area contributed by atoms with Gasteiger partial charge in [0.05, 0.1) is 25.8 Å². The zero-order valence-electron chi connectivity index (χ0n) is 19.8. The molecule has 0 saturated carbocycles. The second-order valence-electron chi connectivity index (χ2n) is 8.25. The van der Waals surface area contributed by atoms with Crippen molar-refractivity contribution in [1.29, 1.82) is 0 Å². The van der Waals surface area contributed by atoms with E-state index in [2.05, 4.69) is 15.0 Å². The number of aliphatic carboxylic acids is 1. The number of carbonyl (C=O) groups is 1. The largest absolute Gasteiger partial charge is 0.497 e. The molecular formula is C26H27FN4O4. The van der Waals surface area contributed by atoms with E-state index in [1.807, 2.05) is 36.4 Å². The van der Waals surface area contributed by atoms with Gasteiger partial charge in [0.25, 0.3) is 0 Å². The number of carboxylic acid groups (broad SMARTS) is 1. The molecule has 4 rings (SSSR count). The maximum absolute atomic E-state index is 14.4. The highest BCUT2D eigenvalue weighted by Gasteiger charge is 2.16. The fourth-order valence-electron chi connectivity index (χ4n) is 3.69. The summed E-state index contributed by atoms with van der Waals surface area (Å²) in [5, 5.41) is 10.1. The molecule has 182 valence electrons. The van der Waals surface area contributed by atoms with Crippen LogP contribution >= 0.6 is 0 Å². The minimum atomic E-state index is -0.881. The van der Waals surface area contributed by atoms with Gasteiger partial charge in [0, 0.05) is 35.8 Å². The summed E-state index contributed by atoms with van der Waals surface area (Å²) in [7, 11) is 3.37. The monoisotopic (exact) mass is 478 g/mol. The summed E-state index contributed by atoms with van der Waals surface area (Å²) in [5.41, 5.74) is 2.27. The van der Waals surface area contributed by atoms with E-state index in [-0.39, 0.29) is 5.82 Å². The molecule has 2 aromatic heterocycles. The summed E-state index contributed by atoms with van der Waals surface area (Å²) in [6, 6.07) is 14.7. The first kappa shape index (κ1) is 24.0. The lowest BCUT2D eigenvalue weighted by molar-refractivity contribution is -0.138. The maximum Gasteiger partial charge on any atom is 0.312 e. The molecule has 2 aromatic carbocycles. The Hall–Kier alpha value is -4.14. The van der Waals surface area contributed by atoms with Crippen LogP contribution in [0.25, 0.3) is 22.3 Å². The van der Waals surface area contributed by atoms with Gasteiger partial charge in [0.1, 0.15) is 11.5 Å². The van der Waals surface area contributed by atoms with E-state index in [0.717, 1.165) is 22.2 Å². The normalized spacial score (nSPS) is 11.9. The average molecular weight is 479 g/mol. The minimum Gasteiger partial charge on any atom is -0.497 e. The number of hydrogen-bond acceptors (Lipinski definition) is 6. The van der Waals surface area contributed by atoms with Gasteiger partial charge in [-0.1, -0.05) is 0 Å². The van der Waals surface area contributed by atoms with Crippen molar-refractivity contribution in [2.75, 3.05) is 32.2 Å². The Bertz CT molecular complexity index is 1320. The van der Waals surface area contributed by atoms with Crippen LogP contribution in [0.1, 0.15) is 25.0 Å². The average Bonchev–Trinajstić information content (AvgIpc) is 3.29.